The Balaban J connectivity index is 1.82. The summed E-state index contributed by atoms with van der Waals surface area (Å²) >= 11 is 0. The molecule has 5 heteroatoms. The van der Waals surface area contributed by atoms with Crippen molar-refractivity contribution >= 4 is 29.2 Å². The second-order valence-electron chi connectivity index (χ2n) is 5.87. The number of anilines is 4. The number of allylic oxidation sites excluding steroid dienone is 1. The molecule has 0 aliphatic carbocycles. The van der Waals surface area contributed by atoms with Crippen LogP contribution in [0.1, 0.15) is 16.7 Å². The van der Waals surface area contributed by atoms with E-state index in [9.17, 15) is 0 Å². The molecule has 128 valence electrons. The van der Waals surface area contributed by atoms with Crippen molar-refractivity contribution in [3.63, 3.8) is 0 Å². The van der Waals surface area contributed by atoms with Gasteiger partial charge in [0.1, 0.15) is 5.82 Å². The quantitative estimate of drug-likeness (QED) is 0.630. The maximum absolute atomic E-state index is 8.68. The molecule has 1 heterocycles. The van der Waals surface area contributed by atoms with Crippen molar-refractivity contribution in [2.24, 2.45) is 0 Å². The molecule has 2 aromatic carbocycles. The lowest BCUT2D eigenvalue weighted by molar-refractivity contribution is 1.16. The normalized spacial score (nSPS) is 10.5. The van der Waals surface area contributed by atoms with Gasteiger partial charge in [-0.05, 0) is 66.9 Å². The topological polar surface area (TPSA) is 73.6 Å². The third-order valence-corrected chi connectivity index (χ3v) is 3.84. The molecule has 0 saturated carbocycles. The number of nitrogens with zero attached hydrogens (tertiary/aromatic N) is 3. The minimum absolute atomic E-state index is 0.532. The lowest BCUT2D eigenvalue weighted by atomic mass is 10.0. The number of rotatable bonds is 5. The lowest BCUT2D eigenvalue weighted by Crippen LogP contribution is -2.02. The largest absolute Gasteiger partial charge is 0.340 e. The van der Waals surface area contributed by atoms with Crippen molar-refractivity contribution in [2.75, 3.05) is 10.6 Å². The van der Waals surface area contributed by atoms with Gasteiger partial charge in [-0.15, -0.1) is 0 Å². The molecule has 2 N–H and O–H groups in total. The van der Waals surface area contributed by atoms with Gasteiger partial charge in [0, 0.05) is 23.6 Å². The zero-order valence-electron chi connectivity index (χ0n) is 14.7. The van der Waals surface area contributed by atoms with E-state index in [2.05, 4.69) is 20.6 Å². The number of nitrogens with one attached hydrogen (secondary N) is 2. The van der Waals surface area contributed by atoms with E-state index < -0.39 is 0 Å². The lowest BCUT2D eigenvalue weighted by Gasteiger charge is -2.14. The summed E-state index contributed by atoms with van der Waals surface area (Å²) in [6.45, 7) is 4.06. The van der Waals surface area contributed by atoms with Gasteiger partial charge in [-0.25, -0.2) is 4.98 Å². The van der Waals surface area contributed by atoms with E-state index in [0.717, 1.165) is 28.1 Å². The first-order valence-electron chi connectivity index (χ1n) is 8.25. The van der Waals surface area contributed by atoms with E-state index in [0.29, 0.717) is 11.8 Å². The average molecular weight is 341 g/mol. The third-order valence-electron chi connectivity index (χ3n) is 3.84. The van der Waals surface area contributed by atoms with Crippen LogP contribution < -0.4 is 10.6 Å². The van der Waals surface area contributed by atoms with Crippen molar-refractivity contribution in [2.45, 2.75) is 13.8 Å². The fourth-order valence-corrected chi connectivity index (χ4v) is 2.69. The van der Waals surface area contributed by atoms with Crippen LogP contribution in [0, 0.1) is 25.2 Å². The van der Waals surface area contributed by atoms with Crippen LogP contribution in [0.15, 0.2) is 60.8 Å². The second kappa shape index (κ2) is 7.95. The molecule has 3 rings (SSSR count). The van der Waals surface area contributed by atoms with E-state index in [1.165, 1.54) is 6.08 Å². The second-order valence-corrected chi connectivity index (χ2v) is 5.87. The predicted molar refractivity (Wildman–Crippen MR) is 106 cm³/mol. The number of para-hydroxylation sites is 1. The summed E-state index contributed by atoms with van der Waals surface area (Å²) in [7, 11) is 0. The minimum Gasteiger partial charge on any atom is -0.340 e. The summed E-state index contributed by atoms with van der Waals surface area (Å²) < 4.78 is 0. The van der Waals surface area contributed by atoms with Gasteiger partial charge in [-0.3, -0.25) is 0 Å². The molecular weight excluding hydrogens is 322 g/mol. The van der Waals surface area contributed by atoms with Crippen LogP contribution in [-0.4, -0.2) is 9.97 Å². The Morgan fingerprint density at radius 3 is 2.42 bits per heavy atom. The smallest absolute Gasteiger partial charge is 0.229 e. The SMILES string of the molecule is Cc1cc(C=CC#N)cc(C)c1Nc1ccnc(Nc2ccccc2)n1. The monoisotopic (exact) mass is 341 g/mol. The standard InChI is InChI=1S/C21H19N5/c1-15-13-17(7-6-11-22)14-16(2)20(15)25-19-10-12-23-21(26-19)24-18-8-4-3-5-9-18/h3-10,12-14H,1-2H3,(H2,23,24,25,26). The fourth-order valence-electron chi connectivity index (χ4n) is 2.69. The molecule has 0 bridgehead atoms. The van der Waals surface area contributed by atoms with Gasteiger partial charge in [0.05, 0.1) is 6.07 Å². The first-order valence-corrected chi connectivity index (χ1v) is 8.25. The van der Waals surface area contributed by atoms with Crippen molar-refractivity contribution in [1.29, 1.82) is 5.26 Å². The Bertz CT molecular complexity index is 948. The zero-order chi connectivity index (χ0) is 18.4. The maximum atomic E-state index is 8.68. The first kappa shape index (κ1) is 17.2. The van der Waals surface area contributed by atoms with E-state index in [1.807, 2.05) is 68.4 Å². The number of aryl methyl sites for hydroxylation is 2. The van der Waals surface area contributed by atoms with E-state index in [-0.39, 0.29) is 0 Å². The molecule has 26 heavy (non-hydrogen) atoms. The van der Waals surface area contributed by atoms with Gasteiger partial charge < -0.3 is 10.6 Å². The third kappa shape index (κ3) is 4.25. The highest BCUT2D eigenvalue weighted by atomic mass is 15.1. The van der Waals surface area contributed by atoms with Crippen LogP contribution in [0.3, 0.4) is 0 Å². The molecule has 0 atom stereocenters. The van der Waals surface area contributed by atoms with Crippen LogP contribution in [0.2, 0.25) is 0 Å². The summed E-state index contributed by atoms with van der Waals surface area (Å²) in [6.07, 6.45) is 5.00. The zero-order valence-corrected chi connectivity index (χ0v) is 14.7. The Morgan fingerprint density at radius 2 is 1.73 bits per heavy atom. The predicted octanol–water partition coefficient (Wildman–Crippen LogP) is 5.12. The van der Waals surface area contributed by atoms with Gasteiger partial charge >= 0.3 is 0 Å². The van der Waals surface area contributed by atoms with E-state index in [4.69, 9.17) is 5.26 Å². The number of benzene rings is 2. The minimum atomic E-state index is 0.532. The summed E-state index contributed by atoms with van der Waals surface area (Å²) in [4.78, 5) is 8.79. The Hall–Kier alpha value is -3.65. The maximum Gasteiger partial charge on any atom is 0.229 e. The van der Waals surface area contributed by atoms with E-state index >= 15 is 0 Å². The molecule has 0 aliphatic rings. The molecule has 3 aromatic rings. The highest BCUT2D eigenvalue weighted by Crippen LogP contribution is 2.26. The van der Waals surface area contributed by atoms with Crippen molar-refractivity contribution in [1.82, 2.24) is 9.97 Å². The Morgan fingerprint density at radius 1 is 1.00 bits per heavy atom. The average Bonchev–Trinajstić information content (AvgIpc) is 2.64. The molecule has 0 aliphatic heterocycles. The van der Waals surface area contributed by atoms with Gasteiger partial charge in [0.15, 0.2) is 0 Å². The number of hydrogen-bond acceptors (Lipinski definition) is 5. The summed E-state index contributed by atoms with van der Waals surface area (Å²) in [5.41, 5.74) is 5.10. The summed E-state index contributed by atoms with van der Waals surface area (Å²) in [6, 6.07) is 17.7. The van der Waals surface area contributed by atoms with Gasteiger partial charge in [-0.2, -0.15) is 10.2 Å². The number of hydrogen-bond donors (Lipinski definition) is 2. The molecule has 0 unspecified atom stereocenters. The van der Waals surface area contributed by atoms with Gasteiger partial charge in [0.2, 0.25) is 5.95 Å². The molecule has 0 saturated heterocycles. The molecule has 0 spiro atoms. The highest BCUT2D eigenvalue weighted by molar-refractivity contribution is 5.69. The van der Waals surface area contributed by atoms with Crippen LogP contribution in [0.25, 0.3) is 6.08 Å². The van der Waals surface area contributed by atoms with Crippen molar-refractivity contribution in [3.05, 3.63) is 77.5 Å². The molecule has 1 aromatic heterocycles. The van der Waals surface area contributed by atoms with Gasteiger partial charge in [0.25, 0.3) is 0 Å². The molecule has 0 amide bonds. The van der Waals surface area contributed by atoms with Gasteiger partial charge in [-0.1, -0.05) is 18.2 Å². The number of nitriles is 1. The van der Waals surface area contributed by atoms with Crippen molar-refractivity contribution < 1.29 is 0 Å². The number of aromatic nitrogens is 2. The molecule has 0 radical (unpaired) electrons. The molecular formula is C21H19N5. The highest BCUT2D eigenvalue weighted by Gasteiger charge is 2.07. The molecule has 0 fully saturated rings. The Labute approximate surface area is 153 Å². The van der Waals surface area contributed by atoms with Crippen LogP contribution in [0.5, 0.6) is 0 Å². The van der Waals surface area contributed by atoms with Crippen LogP contribution >= 0.6 is 0 Å². The van der Waals surface area contributed by atoms with E-state index in [1.54, 1.807) is 12.3 Å². The van der Waals surface area contributed by atoms with Crippen molar-refractivity contribution in [3.8, 4) is 6.07 Å². The van der Waals surface area contributed by atoms with Crippen LogP contribution in [-0.2, 0) is 0 Å². The Kier molecular flexibility index (Phi) is 5.25. The fraction of sp³-hybridized carbons (Fsp3) is 0.0952. The summed E-state index contributed by atoms with van der Waals surface area (Å²) in [5, 5.41) is 15.2. The summed E-state index contributed by atoms with van der Waals surface area (Å²) in [5.74, 6) is 1.25. The first-order chi connectivity index (χ1) is 12.7. The molecule has 5 nitrogen and oxygen atoms in total. The van der Waals surface area contributed by atoms with Crippen LogP contribution in [0.4, 0.5) is 23.1 Å².